The molecule has 1 atom stereocenters. The van der Waals surface area contributed by atoms with Crippen LogP contribution in [0.15, 0.2) is 18.2 Å². The van der Waals surface area contributed by atoms with E-state index in [0.717, 1.165) is 14.5 Å². The minimum absolute atomic E-state index is 0.229. The number of nitrogens with one attached hydrogen (secondary N) is 1. The molecule has 0 bridgehead atoms. The Hall–Kier alpha value is 0.160. The molecule has 1 aliphatic rings. The zero-order chi connectivity index (χ0) is 13.1. The molecule has 18 heavy (non-hydrogen) atoms. The van der Waals surface area contributed by atoms with Crippen molar-refractivity contribution in [1.82, 2.24) is 5.43 Å². The Balaban J connectivity index is 2.14. The van der Waals surface area contributed by atoms with Gasteiger partial charge in [0.25, 0.3) is 0 Å². The maximum absolute atomic E-state index is 6.20. The SMILES string of the molecule is CC1CCC(C(NN)c2ccc(I)c(Cl)c2)CC1. The van der Waals surface area contributed by atoms with Crippen LogP contribution in [0.4, 0.5) is 0 Å². The molecule has 1 aliphatic carbocycles. The van der Waals surface area contributed by atoms with E-state index in [0.29, 0.717) is 5.92 Å². The quantitative estimate of drug-likeness (QED) is 0.468. The van der Waals surface area contributed by atoms with E-state index in [1.54, 1.807) is 0 Å². The number of hydrogen-bond acceptors (Lipinski definition) is 2. The number of rotatable bonds is 3. The lowest BCUT2D eigenvalue weighted by molar-refractivity contribution is 0.232. The molecule has 1 aromatic carbocycles. The molecule has 0 saturated heterocycles. The normalized spacial score (nSPS) is 26.0. The largest absolute Gasteiger partial charge is 0.271 e. The Morgan fingerprint density at radius 3 is 2.56 bits per heavy atom. The van der Waals surface area contributed by atoms with Gasteiger partial charge >= 0.3 is 0 Å². The molecule has 1 aromatic rings. The second-order valence-corrected chi connectivity index (χ2v) is 6.91. The fourth-order valence-corrected chi connectivity index (χ4v) is 3.35. The lowest BCUT2D eigenvalue weighted by Gasteiger charge is -2.32. The summed E-state index contributed by atoms with van der Waals surface area (Å²) in [4.78, 5) is 0. The summed E-state index contributed by atoms with van der Waals surface area (Å²) in [6.07, 6.45) is 5.11. The van der Waals surface area contributed by atoms with Gasteiger partial charge in [0, 0.05) is 9.61 Å². The monoisotopic (exact) mass is 378 g/mol. The third-order valence-electron chi connectivity index (χ3n) is 4.01. The summed E-state index contributed by atoms with van der Waals surface area (Å²) in [5.41, 5.74) is 4.20. The Labute approximate surface area is 128 Å². The molecule has 0 spiro atoms. The van der Waals surface area contributed by atoms with Crippen LogP contribution in [-0.2, 0) is 0 Å². The van der Waals surface area contributed by atoms with Crippen LogP contribution in [0.1, 0.15) is 44.2 Å². The van der Waals surface area contributed by atoms with Gasteiger partial charge in [0.15, 0.2) is 0 Å². The van der Waals surface area contributed by atoms with Gasteiger partial charge in [-0.2, -0.15) is 0 Å². The van der Waals surface area contributed by atoms with Crippen LogP contribution >= 0.6 is 34.2 Å². The first-order valence-electron chi connectivity index (χ1n) is 6.53. The molecule has 1 unspecified atom stereocenters. The average molecular weight is 379 g/mol. The zero-order valence-corrected chi connectivity index (χ0v) is 13.5. The first-order valence-corrected chi connectivity index (χ1v) is 7.98. The summed E-state index contributed by atoms with van der Waals surface area (Å²) in [5, 5.41) is 0.817. The van der Waals surface area contributed by atoms with Gasteiger partial charge in [-0.15, -0.1) is 0 Å². The first-order chi connectivity index (χ1) is 8.61. The molecule has 0 aromatic heterocycles. The summed E-state index contributed by atoms with van der Waals surface area (Å²) >= 11 is 8.45. The average Bonchev–Trinajstić information content (AvgIpc) is 2.37. The summed E-state index contributed by atoms with van der Waals surface area (Å²) in [6.45, 7) is 2.34. The van der Waals surface area contributed by atoms with E-state index in [4.69, 9.17) is 17.4 Å². The molecule has 2 rings (SSSR count). The lowest BCUT2D eigenvalue weighted by atomic mass is 9.77. The number of hydrazine groups is 1. The van der Waals surface area contributed by atoms with Crippen molar-refractivity contribution in [3.05, 3.63) is 32.4 Å². The molecule has 1 saturated carbocycles. The molecule has 1 fully saturated rings. The molecule has 4 heteroatoms. The molecule has 0 amide bonds. The highest BCUT2D eigenvalue weighted by molar-refractivity contribution is 14.1. The van der Waals surface area contributed by atoms with Crippen LogP contribution in [0.5, 0.6) is 0 Å². The Bertz CT molecular complexity index is 403. The fraction of sp³-hybridized carbons (Fsp3) is 0.571. The van der Waals surface area contributed by atoms with Gasteiger partial charge in [-0.1, -0.05) is 37.4 Å². The maximum Gasteiger partial charge on any atom is 0.0542 e. The van der Waals surface area contributed by atoms with Crippen LogP contribution < -0.4 is 11.3 Å². The molecule has 0 aliphatic heterocycles. The topological polar surface area (TPSA) is 38.0 Å². The van der Waals surface area contributed by atoms with Crippen molar-refractivity contribution in [2.24, 2.45) is 17.7 Å². The van der Waals surface area contributed by atoms with Gasteiger partial charge in [-0.3, -0.25) is 11.3 Å². The Morgan fingerprint density at radius 1 is 1.33 bits per heavy atom. The molecule has 3 N–H and O–H groups in total. The van der Waals surface area contributed by atoms with E-state index in [2.05, 4.69) is 47.1 Å². The molecule has 0 heterocycles. The number of hydrogen-bond donors (Lipinski definition) is 2. The molecule has 2 nitrogen and oxygen atoms in total. The van der Waals surface area contributed by atoms with Gasteiger partial charge in [-0.05, 0) is 65.0 Å². The van der Waals surface area contributed by atoms with Crippen molar-refractivity contribution in [3.63, 3.8) is 0 Å². The van der Waals surface area contributed by atoms with Crippen molar-refractivity contribution in [2.45, 2.75) is 38.6 Å². The van der Waals surface area contributed by atoms with Gasteiger partial charge in [0.2, 0.25) is 0 Å². The smallest absolute Gasteiger partial charge is 0.0542 e. The van der Waals surface area contributed by atoms with E-state index < -0.39 is 0 Å². The van der Waals surface area contributed by atoms with Crippen molar-refractivity contribution < 1.29 is 0 Å². The van der Waals surface area contributed by atoms with Gasteiger partial charge in [-0.25, -0.2) is 0 Å². The lowest BCUT2D eigenvalue weighted by Crippen LogP contribution is -2.35. The van der Waals surface area contributed by atoms with Crippen LogP contribution in [0.3, 0.4) is 0 Å². The highest BCUT2D eigenvalue weighted by Gasteiger charge is 2.26. The van der Waals surface area contributed by atoms with Crippen LogP contribution in [0, 0.1) is 15.4 Å². The Kier molecular flexibility index (Phi) is 5.30. The highest BCUT2D eigenvalue weighted by Crippen LogP contribution is 2.37. The standard InChI is InChI=1S/C14H20ClIN2/c1-9-2-4-10(5-3-9)14(18-17)11-6-7-13(16)12(15)8-11/h6-10,14,18H,2-5,17H2,1H3. The van der Waals surface area contributed by atoms with Crippen molar-refractivity contribution in [2.75, 3.05) is 0 Å². The van der Waals surface area contributed by atoms with Gasteiger partial charge in [0.1, 0.15) is 0 Å². The number of halogens is 2. The minimum atomic E-state index is 0.229. The minimum Gasteiger partial charge on any atom is -0.271 e. The summed E-state index contributed by atoms with van der Waals surface area (Å²) in [7, 11) is 0. The van der Waals surface area contributed by atoms with Crippen LogP contribution in [-0.4, -0.2) is 0 Å². The number of nitrogens with two attached hydrogens (primary N) is 1. The van der Waals surface area contributed by atoms with E-state index in [-0.39, 0.29) is 6.04 Å². The van der Waals surface area contributed by atoms with E-state index in [1.807, 2.05) is 6.07 Å². The van der Waals surface area contributed by atoms with E-state index in [1.165, 1.54) is 31.2 Å². The second-order valence-electron chi connectivity index (χ2n) is 5.34. The van der Waals surface area contributed by atoms with Crippen molar-refractivity contribution >= 4 is 34.2 Å². The third-order valence-corrected chi connectivity index (χ3v) is 5.59. The Morgan fingerprint density at radius 2 is 2.00 bits per heavy atom. The predicted molar refractivity (Wildman–Crippen MR) is 85.4 cm³/mol. The third kappa shape index (κ3) is 3.38. The highest BCUT2D eigenvalue weighted by atomic mass is 127. The fourth-order valence-electron chi connectivity index (χ4n) is 2.83. The van der Waals surface area contributed by atoms with Crippen LogP contribution in [0.2, 0.25) is 5.02 Å². The zero-order valence-electron chi connectivity index (χ0n) is 10.6. The summed E-state index contributed by atoms with van der Waals surface area (Å²) in [5.74, 6) is 7.25. The molecular weight excluding hydrogens is 359 g/mol. The predicted octanol–water partition coefficient (Wildman–Crippen LogP) is 4.28. The second kappa shape index (κ2) is 6.55. The molecular formula is C14H20ClIN2. The van der Waals surface area contributed by atoms with Crippen molar-refractivity contribution in [3.8, 4) is 0 Å². The first kappa shape index (κ1) is 14.6. The van der Waals surface area contributed by atoms with E-state index >= 15 is 0 Å². The molecule has 100 valence electrons. The van der Waals surface area contributed by atoms with Gasteiger partial charge < -0.3 is 0 Å². The van der Waals surface area contributed by atoms with E-state index in [9.17, 15) is 0 Å². The summed E-state index contributed by atoms with van der Waals surface area (Å²) < 4.78 is 1.09. The summed E-state index contributed by atoms with van der Waals surface area (Å²) in [6, 6.07) is 6.47. The van der Waals surface area contributed by atoms with Crippen molar-refractivity contribution in [1.29, 1.82) is 0 Å². The van der Waals surface area contributed by atoms with Crippen LogP contribution in [0.25, 0.3) is 0 Å². The van der Waals surface area contributed by atoms with Gasteiger partial charge in [0.05, 0.1) is 5.02 Å². The molecule has 0 radical (unpaired) electrons. The maximum atomic E-state index is 6.20. The number of benzene rings is 1.